The highest BCUT2D eigenvalue weighted by Crippen LogP contribution is 2.19. The molecule has 0 saturated carbocycles. The van der Waals surface area contributed by atoms with Crippen LogP contribution in [0.3, 0.4) is 0 Å². The summed E-state index contributed by atoms with van der Waals surface area (Å²) in [5.74, 6) is -0.767. The van der Waals surface area contributed by atoms with E-state index in [1.54, 1.807) is 7.05 Å². The molecule has 0 spiro atoms. The molecule has 0 aliphatic heterocycles. The zero-order valence-corrected chi connectivity index (χ0v) is 10.1. The highest BCUT2D eigenvalue weighted by molar-refractivity contribution is 5.79. The fraction of sp³-hybridized carbons (Fsp3) is 0.500. The molecule has 0 aliphatic carbocycles. The second kappa shape index (κ2) is 5.42. The third-order valence-electron chi connectivity index (χ3n) is 2.17. The van der Waals surface area contributed by atoms with Gasteiger partial charge in [0, 0.05) is 13.1 Å². The molecule has 0 fully saturated rings. The first kappa shape index (κ1) is 13.1. The van der Waals surface area contributed by atoms with Crippen LogP contribution in [0.1, 0.15) is 13.8 Å². The average molecular weight is 241 g/mol. The molecule has 0 bridgehead atoms. The number of halogens is 1. The van der Waals surface area contributed by atoms with Crippen molar-refractivity contribution in [2.24, 2.45) is 5.73 Å². The zero-order valence-electron chi connectivity index (χ0n) is 10.1. The van der Waals surface area contributed by atoms with Crippen LogP contribution in [0.15, 0.2) is 6.20 Å². The van der Waals surface area contributed by atoms with Gasteiger partial charge in [-0.25, -0.2) is 9.37 Å². The van der Waals surface area contributed by atoms with Crippen LogP contribution in [-0.2, 0) is 4.79 Å². The maximum Gasteiger partial charge on any atom is 0.237 e. The van der Waals surface area contributed by atoms with Gasteiger partial charge in [0.15, 0.2) is 11.6 Å². The number of carbonyl (C=O) groups excluding carboxylic acids is 1. The Morgan fingerprint density at radius 1 is 1.65 bits per heavy atom. The van der Waals surface area contributed by atoms with Crippen molar-refractivity contribution in [1.82, 2.24) is 9.97 Å². The fourth-order valence-electron chi connectivity index (χ4n) is 1.35. The quantitative estimate of drug-likeness (QED) is 0.777. The second-order valence-corrected chi connectivity index (χ2v) is 3.80. The Morgan fingerprint density at radius 2 is 2.29 bits per heavy atom. The second-order valence-electron chi connectivity index (χ2n) is 3.80. The molecule has 17 heavy (non-hydrogen) atoms. The number of hydrogen-bond acceptors (Lipinski definition) is 5. The third-order valence-corrected chi connectivity index (χ3v) is 2.17. The largest absolute Gasteiger partial charge is 0.368 e. The molecule has 1 aromatic rings. The Morgan fingerprint density at radius 3 is 2.76 bits per heavy atom. The number of aromatic nitrogens is 2. The summed E-state index contributed by atoms with van der Waals surface area (Å²) < 4.78 is 13.6. The van der Waals surface area contributed by atoms with Crippen molar-refractivity contribution in [2.75, 3.05) is 23.8 Å². The van der Waals surface area contributed by atoms with E-state index in [0.29, 0.717) is 0 Å². The Bertz CT molecular complexity index is 410. The minimum absolute atomic E-state index is 0.0677. The summed E-state index contributed by atoms with van der Waals surface area (Å²) >= 11 is 0. The molecule has 1 heterocycles. The molecule has 6 nitrogen and oxygen atoms in total. The summed E-state index contributed by atoms with van der Waals surface area (Å²) in [4.78, 5) is 20.2. The number of nitrogens with zero attached hydrogens (tertiary/aromatic N) is 3. The first-order chi connectivity index (χ1) is 7.95. The van der Waals surface area contributed by atoms with Crippen molar-refractivity contribution in [2.45, 2.75) is 19.9 Å². The molecule has 1 aromatic heterocycles. The summed E-state index contributed by atoms with van der Waals surface area (Å²) in [5.41, 5.74) is 5.13. The van der Waals surface area contributed by atoms with Crippen molar-refractivity contribution >= 4 is 17.7 Å². The predicted molar refractivity (Wildman–Crippen MR) is 63.2 cm³/mol. The molecule has 1 rings (SSSR count). The zero-order chi connectivity index (χ0) is 13.0. The van der Waals surface area contributed by atoms with Crippen molar-refractivity contribution in [3.05, 3.63) is 12.0 Å². The lowest BCUT2D eigenvalue weighted by molar-refractivity contribution is -0.116. The highest BCUT2D eigenvalue weighted by atomic mass is 19.1. The van der Waals surface area contributed by atoms with Gasteiger partial charge in [0.1, 0.15) is 0 Å². The molecule has 0 saturated heterocycles. The third kappa shape index (κ3) is 3.27. The summed E-state index contributed by atoms with van der Waals surface area (Å²) in [6.07, 6.45) is 1.06. The first-order valence-electron chi connectivity index (χ1n) is 5.21. The van der Waals surface area contributed by atoms with Crippen LogP contribution >= 0.6 is 0 Å². The van der Waals surface area contributed by atoms with Gasteiger partial charge in [0.25, 0.3) is 0 Å². The predicted octanol–water partition coefficient (Wildman–Crippen LogP) is 0.357. The number of nitrogens with one attached hydrogen (secondary N) is 1. The number of hydrogen-bond donors (Lipinski definition) is 2. The SMILES string of the molecule is CNc1ncc(F)c(N(CC(N)=O)C(C)C)n1. The van der Waals surface area contributed by atoms with E-state index < -0.39 is 11.7 Å². The van der Waals surface area contributed by atoms with Crippen molar-refractivity contribution in [1.29, 1.82) is 0 Å². The van der Waals surface area contributed by atoms with Gasteiger partial charge >= 0.3 is 0 Å². The van der Waals surface area contributed by atoms with Gasteiger partial charge < -0.3 is 16.0 Å². The number of rotatable bonds is 5. The number of nitrogens with two attached hydrogens (primary N) is 1. The smallest absolute Gasteiger partial charge is 0.237 e. The van der Waals surface area contributed by atoms with E-state index >= 15 is 0 Å². The number of anilines is 2. The average Bonchev–Trinajstić information content (AvgIpc) is 2.26. The van der Waals surface area contributed by atoms with Crippen LogP contribution in [0.5, 0.6) is 0 Å². The van der Waals surface area contributed by atoms with Gasteiger partial charge in [-0.1, -0.05) is 0 Å². The molecule has 0 radical (unpaired) electrons. The van der Waals surface area contributed by atoms with Crippen molar-refractivity contribution in [3.63, 3.8) is 0 Å². The molecule has 7 heteroatoms. The Balaban J connectivity index is 3.12. The molecule has 0 aliphatic rings. The van der Waals surface area contributed by atoms with Gasteiger partial charge in [-0.05, 0) is 13.8 Å². The van der Waals surface area contributed by atoms with E-state index in [1.165, 1.54) is 4.90 Å². The maximum atomic E-state index is 13.6. The van der Waals surface area contributed by atoms with E-state index in [1.807, 2.05) is 13.8 Å². The van der Waals surface area contributed by atoms with Crippen LogP contribution in [0.2, 0.25) is 0 Å². The first-order valence-corrected chi connectivity index (χ1v) is 5.21. The van der Waals surface area contributed by atoms with Gasteiger partial charge in [-0.15, -0.1) is 0 Å². The minimum Gasteiger partial charge on any atom is -0.368 e. The lowest BCUT2D eigenvalue weighted by Crippen LogP contribution is -2.39. The number of amides is 1. The fourth-order valence-corrected chi connectivity index (χ4v) is 1.35. The maximum absolute atomic E-state index is 13.6. The summed E-state index contributed by atoms with van der Waals surface area (Å²) in [6.45, 7) is 3.56. The summed E-state index contributed by atoms with van der Waals surface area (Å²) in [6, 6.07) is -0.100. The van der Waals surface area contributed by atoms with E-state index in [9.17, 15) is 9.18 Å². The van der Waals surface area contributed by atoms with Gasteiger partial charge in [-0.2, -0.15) is 4.98 Å². The van der Waals surface area contributed by atoms with Gasteiger partial charge in [-0.3, -0.25) is 4.79 Å². The highest BCUT2D eigenvalue weighted by Gasteiger charge is 2.19. The Labute approximate surface area is 99.0 Å². The number of carbonyl (C=O) groups is 1. The monoisotopic (exact) mass is 241 g/mol. The van der Waals surface area contributed by atoms with Gasteiger partial charge in [0.05, 0.1) is 12.7 Å². The van der Waals surface area contributed by atoms with Gasteiger partial charge in [0.2, 0.25) is 11.9 Å². The molecular weight excluding hydrogens is 225 g/mol. The summed E-state index contributed by atoms with van der Waals surface area (Å²) in [7, 11) is 1.63. The molecule has 0 aromatic carbocycles. The Hall–Kier alpha value is -1.92. The van der Waals surface area contributed by atoms with Crippen molar-refractivity contribution < 1.29 is 9.18 Å². The molecule has 1 amide bonds. The number of primary amides is 1. The molecule has 0 unspecified atom stereocenters. The molecule has 0 atom stereocenters. The van der Waals surface area contributed by atoms with Crippen LogP contribution in [0.25, 0.3) is 0 Å². The molecular formula is C10H16FN5O. The van der Waals surface area contributed by atoms with Crippen LogP contribution in [0.4, 0.5) is 16.2 Å². The normalized spacial score (nSPS) is 10.4. The van der Waals surface area contributed by atoms with Crippen LogP contribution in [-0.4, -0.2) is 35.5 Å². The molecule has 3 N–H and O–H groups in total. The van der Waals surface area contributed by atoms with E-state index in [-0.39, 0.29) is 24.4 Å². The minimum atomic E-state index is -0.584. The van der Waals surface area contributed by atoms with Crippen molar-refractivity contribution in [3.8, 4) is 0 Å². The lowest BCUT2D eigenvalue weighted by atomic mass is 10.3. The standard InChI is InChI=1S/C10H16FN5O/c1-6(2)16(5-8(12)17)9-7(11)4-14-10(13-3)15-9/h4,6H,5H2,1-3H3,(H2,12,17)(H,13,14,15). The lowest BCUT2D eigenvalue weighted by Gasteiger charge is -2.26. The molecule has 94 valence electrons. The van der Waals surface area contributed by atoms with Crippen LogP contribution in [0, 0.1) is 5.82 Å². The Kier molecular flexibility index (Phi) is 4.19. The van der Waals surface area contributed by atoms with E-state index in [0.717, 1.165) is 6.20 Å². The van der Waals surface area contributed by atoms with E-state index in [2.05, 4.69) is 15.3 Å². The van der Waals surface area contributed by atoms with Crippen LogP contribution < -0.4 is 16.0 Å². The topological polar surface area (TPSA) is 84.1 Å². The van der Waals surface area contributed by atoms with E-state index in [4.69, 9.17) is 5.73 Å². The summed E-state index contributed by atoms with van der Waals surface area (Å²) in [5, 5.41) is 2.71.